The van der Waals surface area contributed by atoms with Crippen molar-refractivity contribution in [3.05, 3.63) is 53.6 Å². The Labute approximate surface area is 170 Å². The van der Waals surface area contributed by atoms with Gasteiger partial charge in [0.05, 0.1) is 5.69 Å². The number of benzene rings is 1. The molecule has 4 rings (SSSR count). The molecule has 1 fully saturated rings. The van der Waals surface area contributed by atoms with Crippen LogP contribution in [0.15, 0.2) is 36.4 Å². The van der Waals surface area contributed by atoms with Gasteiger partial charge >= 0.3 is 6.18 Å². The number of fused-ring (bicyclic) bond motifs is 1. The number of rotatable bonds is 3. The largest absolute Gasteiger partial charge is 0.433 e. The molecule has 0 saturated carbocycles. The van der Waals surface area contributed by atoms with Crippen LogP contribution in [-0.4, -0.2) is 38.0 Å². The number of amides is 1. The van der Waals surface area contributed by atoms with Crippen molar-refractivity contribution in [3.8, 4) is 11.3 Å². The molecule has 5 nitrogen and oxygen atoms in total. The van der Waals surface area contributed by atoms with Gasteiger partial charge in [-0.05, 0) is 56.0 Å². The van der Waals surface area contributed by atoms with Gasteiger partial charge in [-0.2, -0.15) is 18.3 Å². The normalized spacial score (nSPS) is 17.5. The minimum absolute atomic E-state index is 0.0260. The molecule has 1 amide bonds. The molecule has 1 saturated heterocycles. The van der Waals surface area contributed by atoms with Crippen molar-refractivity contribution >= 4 is 11.6 Å². The van der Waals surface area contributed by atoms with Gasteiger partial charge in [0.15, 0.2) is 17.0 Å². The van der Waals surface area contributed by atoms with Gasteiger partial charge in [0, 0.05) is 24.2 Å². The van der Waals surface area contributed by atoms with Crippen molar-refractivity contribution in [1.82, 2.24) is 19.5 Å². The maximum absolute atomic E-state index is 13.7. The monoisotopic (exact) mass is 420 g/mol. The highest BCUT2D eigenvalue weighted by Crippen LogP contribution is 2.32. The van der Waals surface area contributed by atoms with E-state index in [-0.39, 0.29) is 29.0 Å². The van der Waals surface area contributed by atoms with Crippen molar-refractivity contribution in [2.45, 2.75) is 44.8 Å². The predicted octanol–water partition coefficient (Wildman–Crippen LogP) is 4.96. The van der Waals surface area contributed by atoms with E-state index in [0.717, 1.165) is 43.9 Å². The number of hydrogen-bond donors (Lipinski definition) is 0. The molecule has 1 aliphatic heterocycles. The third-order valence-corrected chi connectivity index (χ3v) is 5.44. The lowest BCUT2D eigenvalue weighted by Crippen LogP contribution is -2.43. The molecule has 0 unspecified atom stereocenters. The van der Waals surface area contributed by atoms with Crippen molar-refractivity contribution in [2.75, 3.05) is 6.54 Å². The second-order valence-electron chi connectivity index (χ2n) is 7.39. The van der Waals surface area contributed by atoms with Gasteiger partial charge in [-0.15, -0.1) is 0 Å². The Bertz CT molecular complexity index is 1080. The molecule has 0 aliphatic carbocycles. The molecule has 158 valence electrons. The quantitative estimate of drug-likeness (QED) is 0.563. The molecule has 3 heterocycles. The van der Waals surface area contributed by atoms with Crippen LogP contribution < -0.4 is 0 Å². The smallest absolute Gasteiger partial charge is 0.334 e. The minimum Gasteiger partial charge on any atom is -0.334 e. The van der Waals surface area contributed by atoms with Gasteiger partial charge in [-0.1, -0.05) is 6.92 Å². The van der Waals surface area contributed by atoms with Crippen LogP contribution >= 0.6 is 0 Å². The average Bonchev–Trinajstić information content (AvgIpc) is 3.16. The highest BCUT2D eigenvalue weighted by Gasteiger charge is 2.36. The summed E-state index contributed by atoms with van der Waals surface area (Å²) in [6.45, 7) is 2.55. The molecule has 30 heavy (non-hydrogen) atoms. The fourth-order valence-corrected chi connectivity index (χ4v) is 3.89. The lowest BCUT2D eigenvalue weighted by atomic mass is 9.99. The summed E-state index contributed by atoms with van der Waals surface area (Å²) in [6.07, 6.45) is -1.18. The number of piperidine rings is 1. The van der Waals surface area contributed by atoms with E-state index in [4.69, 9.17) is 0 Å². The summed E-state index contributed by atoms with van der Waals surface area (Å²) < 4.78 is 55.0. The van der Waals surface area contributed by atoms with Gasteiger partial charge in [0.2, 0.25) is 0 Å². The van der Waals surface area contributed by atoms with E-state index in [1.165, 1.54) is 18.2 Å². The van der Waals surface area contributed by atoms with Crippen LogP contribution in [0.25, 0.3) is 16.9 Å². The highest BCUT2D eigenvalue weighted by atomic mass is 19.4. The average molecular weight is 420 g/mol. The standard InChI is InChI=1S/C21H20F4N4O/c1-2-15-5-3-4-10-28(15)20(30)17-12-19-26-16(13-6-8-14(22)9-7-13)11-18(21(23,24)25)29(19)27-17/h6-9,11-12,15H,2-5,10H2,1H3/t15-/m1/s1. The third kappa shape index (κ3) is 3.76. The van der Waals surface area contributed by atoms with Crippen LogP contribution in [0.4, 0.5) is 17.6 Å². The van der Waals surface area contributed by atoms with Crippen LogP contribution in [-0.2, 0) is 6.18 Å². The van der Waals surface area contributed by atoms with Crippen molar-refractivity contribution < 1.29 is 22.4 Å². The van der Waals surface area contributed by atoms with Crippen molar-refractivity contribution in [2.24, 2.45) is 0 Å². The number of halogens is 4. The van der Waals surface area contributed by atoms with Crippen LogP contribution in [0.2, 0.25) is 0 Å². The van der Waals surface area contributed by atoms with Crippen LogP contribution in [0.3, 0.4) is 0 Å². The Kier molecular flexibility index (Phi) is 5.21. The Morgan fingerprint density at radius 1 is 1.17 bits per heavy atom. The van der Waals surface area contributed by atoms with Gasteiger partial charge in [-0.3, -0.25) is 4.79 Å². The number of nitrogens with zero attached hydrogens (tertiary/aromatic N) is 4. The first-order chi connectivity index (χ1) is 14.3. The molecule has 0 N–H and O–H groups in total. The Morgan fingerprint density at radius 3 is 2.57 bits per heavy atom. The number of carbonyl (C=O) groups excluding carboxylic acids is 1. The maximum Gasteiger partial charge on any atom is 0.433 e. The van der Waals surface area contributed by atoms with E-state index >= 15 is 0 Å². The number of aromatic nitrogens is 3. The van der Waals surface area contributed by atoms with Crippen LogP contribution in [0.5, 0.6) is 0 Å². The molecule has 1 atom stereocenters. The van der Waals surface area contributed by atoms with Crippen LogP contribution in [0, 0.1) is 5.82 Å². The summed E-state index contributed by atoms with van der Waals surface area (Å²) in [5, 5.41) is 3.95. The number of hydrogen-bond acceptors (Lipinski definition) is 3. The molecule has 1 aromatic carbocycles. The lowest BCUT2D eigenvalue weighted by Gasteiger charge is -2.34. The van der Waals surface area contributed by atoms with Gasteiger partial charge in [0.1, 0.15) is 5.82 Å². The Hall–Kier alpha value is -2.97. The SMILES string of the molecule is CC[C@@H]1CCCCN1C(=O)c1cc2nc(-c3ccc(F)cc3)cc(C(F)(F)F)n2n1. The second-order valence-corrected chi connectivity index (χ2v) is 7.39. The number of likely N-dealkylation sites (tertiary alicyclic amines) is 1. The first-order valence-electron chi connectivity index (χ1n) is 9.83. The minimum atomic E-state index is -4.71. The molecule has 9 heteroatoms. The number of carbonyl (C=O) groups is 1. The fraction of sp³-hybridized carbons (Fsp3) is 0.381. The summed E-state index contributed by atoms with van der Waals surface area (Å²) in [7, 11) is 0. The first-order valence-corrected chi connectivity index (χ1v) is 9.83. The van der Waals surface area contributed by atoms with Crippen molar-refractivity contribution in [3.63, 3.8) is 0 Å². The summed E-state index contributed by atoms with van der Waals surface area (Å²) in [6, 6.07) is 7.22. The van der Waals surface area contributed by atoms with E-state index in [1.54, 1.807) is 4.90 Å². The summed E-state index contributed by atoms with van der Waals surface area (Å²) in [4.78, 5) is 18.9. The topological polar surface area (TPSA) is 50.5 Å². The Morgan fingerprint density at radius 2 is 1.90 bits per heavy atom. The number of alkyl halides is 3. The predicted molar refractivity (Wildman–Crippen MR) is 102 cm³/mol. The zero-order chi connectivity index (χ0) is 21.5. The van der Waals surface area contributed by atoms with Gasteiger partial charge in [-0.25, -0.2) is 13.9 Å². The molecule has 3 aromatic rings. The zero-order valence-corrected chi connectivity index (χ0v) is 16.3. The fourth-order valence-electron chi connectivity index (χ4n) is 3.89. The van der Waals surface area contributed by atoms with Gasteiger partial charge < -0.3 is 4.90 Å². The maximum atomic E-state index is 13.7. The summed E-state index contributed by atoms with van der Waals surface area (Å²) in [5.41, 5.74) is -0.836. The molecule has 0 bridgehead atoms. The lowest BCUT2D eigenvalue weighted by molar-refractivity contribution is -0.142. The molecule has 1 aliphatic rings. The summed E-state index contributed by atoms with van der Waals surface area (Å²) >= 11 is 0. The van der Waals surface area contributed by atoms with E-state index in [2.05, 4.69) is 10.1 Å². The molecular formula is C21H20F4N4O. The first kappa shape index (κ1) is 20.3. The molecule has 0 spiro atoms. The third-order valence-electron chi connectivity index (χ3n) is 5.44. The van der Waals surface area contributed by atoms with E-state index in [0.29, 0.717) is 16.6 Å². The van der Waals surface area contributed by atoms with E-state index in [9.17, 15) is 22.4 Å². The van der Waals surface area contributed by atoms with E-state index < -0.39 is 17.7 Å². The van der Waals surface area contributed by atoms with Crippen molar-refractivity contribution in [1.29, 1.82) is 0 Å². The molecule has 2 aromatic heterocycles. The van der Waals surface area contributed by atoms with Gasteiger partial charge in [0.25, 0.3) is 5.91 Å². The summed E-state index contributed by atoms with van der Waals surface area (Å²) in [5.74, 6) is -0.886. The molecular weight excluding hydrogens is 400 g/mol. The second kappa shape index (κ2) is 7.70. The van der Waals surface area contributed by atoms with E-state index in [1.807, 2.05) is 6.92 Å². The Balaban J connectivity index is 1.81. The van der Waals surface area contributed by atoms with Crippen LogP contribution in [0.1, 0.15) is 48.8 Å². The highest BCUT2D eigenvalue weighted by molar-refractivity contribution is 5.93. The zero-order valence-electron chi connectivity index (χ0n) is 16.3. The molecule has 0 radical (unpaired) electrons.